The molecule has 0 unspecified atom stereocenters. The first-order valence-electron chi connectivity index (χ1n) is 9.30. The van der Waals surface area contributed by atoms with Crippen molar-refractivity contribution in [2.75, 3.05) is 5.32 Å². The van der Waals surface area contributed by atoms with Gasteiger partial charge in [-0.05, 0) is 30.7 Å². The molecular formula is C19H18N6O7. The Labute approximate surface area is 178 Å². The number of hydrogen-bond donors (Lipinski definition) is 6. The van der Waals surface area contributed by atoms with Crippen LogP contribution >= 0.6 is 0 Å². The van der Waals surface area contributed by atoms with Gasteiger partial charge in [-0.2, -0.15) is 0 Å². The van der Waals surface area contributed by atoms with Crippen molar-refractivity contribution < 1.29 is 24.6 Å². The fourth-order valence-electron chi connectivity index (χ4n) is 2.76. The average Bonchev–Trinajstić information content (AvgIpc) is 2.75. The molecule has 0 saturated heterocycles. The number of anilines is 1. The lowest BCUT2D eigenvalue weighted by Gasteiger charge is -2.14. The van der Waals surface area contributed by atoms with Gasteiger partial charge in [0.2, 0.25) is 0 Å². The third-order valence-corrected chi connectivity index (χ3v) is 4.37. The molecule has 0 fully saturated rings. The second-order valence-electron chi connectivity index (χ2n) is 6.69. The molecule has 1 aromatic carbocycles. The van der Waals surface area contributed by atoms with Gasteiger partial charge in [0.1, 0.15) is 6.04 Å². The predicted molar refractivity (Wildman–Crippen MR) is 110 cm³/mol. The van der Waals surface area contributed by atoms with Crippen LogP contribution in [0, 0.1) is 0 Å². The molecule has 0 aliphatic carbocycles. The normalized spacial score (nSPS) is 11.6. The van der Waals surface area contributed by atoms with E-state index in [2.05, 4.69) is 30.6 Å². The Hall–Kier alpha value is -4.55. The van der Waals surface area contributed by atoms with Crippen LogP contribution in [-0.4, -0.2) is 54.0 Å². The van der Waals surface area contributed by atoms with Gasteiger partial charge in [-0.25, -0.2) is 19.6 Å². The Morgan fingerprint density at radius 1 is 1.06 bits per heavy atom. The highest BCUT2D eigenvalue weighted by Crippen LogP contribution is 2.12. The van der Waals surface area contributed by atoms with E-state index in [1.54, 1.807) is 12.1 Å². The molecule has 0 saturated carbocycles. The molecule has 3 aromatic rings. The van der Waals surface area contributed by atoms with Crippen LogP contribution in [0.25, 0.3) is 11.2 Å². The number of aromatic nitrogens is 4. The molecule has 0 spiro atoms. The van der Waals surface area contributed by atoms with Gasteiger partial charge in [0.15, 0.2) is 11.2 Å². The molecule has 0 aliphatic heterocycles. The highest BCUT2D eigenvalue weighted by Gasteiger charge is 2.21. The van der Waals surface area contributed by atoms with Crippen molar-refractivity contribution in [1.29, 1.82) is 0 Å². The zero-order valence-electron chi connectivity index (χ0n) is 16.4. The highest BCUT2D eigenvalue weighted by atomic mass is 16.4. The van der Waals surface area contributed by atoms with Gasteiger partial charge in [0.25, 0.3) is 11.5 Å². The molecule has 6 N–H and O–H groups in total. The number of H-pyrrole nitrogens is 2. The molecule has 0 bridgehead atoms. The zero-order valence-corrected chi connectivity index (χ0v) is 16.4. The summed E-state index contributed by atoms with van der Waals surface area (Å²) >= 11 is 0. The first-order valence-corrected chi connectivity index (χ1v) is 9.30. The van der Waals surface area contributed by atoms with Crippen LogP contribution in [0.5, 0.6) is 0 Å². The summed E-state index contributed by atoms with van der Waals surface area (Å²) in [7, 11) is 0. The van der Waals surface area contributed by atoms with E-state index in [1.165, 1.54) is 18.3 Å². The Kier molecular flexibility index (Phi) is 6.58. The molecule has 13 nitrogen and oxygen atoms in total. The summed E-state index contributed by atoms with van der Waals surface area (Å²) in [5.41, 5.74) is -0.0373. The number of carboxylic acids is 2. The number of amides is 1. The maximum Gasteiger partial charge on any atom is 0.327 e. The van der Waals surface area contributed by atoms with E-state index in [0.717, 1.165) is 0 Å². The molecule has 0 aliphatic rings. The van der Waals surface area contributed by atoms with Crippen LogP contribution in [0.3, 0.4) is 0 Å². The Bertz CT molecular complexity index is 1280. The number of nitrogens with zero attached hydrogens (tertiary/aromatic N) is 2. The van der Waals surface area contributed by atoms with Crippen molar-refractivity contribution >= 4 is 34.7 Å². The van der Waals surface area contributed by atoms with E-state index in [-0.39, 0.29) is 36.1 Å². The van der Waals surface area contributed by atoms with Crippen LogP contribution in [0.2, 0.25) is 0 Å². The van der Waals surface area contributed by atoms with Crippen LogP contribution in [0.1, 0.15) is 28.9 Å². The molecule has 1 atom stereocenters. The first-order chi connectivity index (χ1) is 15.2. The zero-order chi connectivity index (χ0) is 23.3. The maximum atomic E-state index is 12.3. The number of benzene rings is 1. The number of rotatable bonds is 9. The SMILES string of the molecule is O=C(O)CC[C@@H](NC(=O)c1ccc(NCc2cnc3[nH]c(=O)[nH]c(=O)c3n2)cc1)C(=O)O. The minimum absolute atomic E-state index is 0.00759. The number of aliphatic carboxylic acids is 2. The van der Waals surface area contributed by atoms with Gasteiger partial charge in [-0.3, -0.25) is 24.4 Å². The van der Waals surface area contributed by atoms with Gasteiger partial charge < -0.3 is 20.8 Å². The van der Waals surface area contributed by atoms with Crippen molar-refractivity contribution in [1.82, 2.24) is 25.3 Å². The summed E-state index contributed by atoms with van der Waals surface area (Å²) in [6.45, 7) is 0.198. The van der Waals surface area contributed by atoms with Crippen molar-refractivity contribution in [3.05, 3.63) is 62.6 Å². The van der Waals surface area contributed by atoms with Gasteiger partial charge >= 0.3 is 17.6 Å². The average molecular weight is 442 g/mol. The van der Waals surface area contributed by atoms with Crippen LogP contribution in [-0.2, 0) is 16.1 Å². The van der Waals surface area contributed by atoms with E-state index in [1.807, 2.05) is 0 Å². The largest absolute Gasteiger partial charge is 0.481 e. The lowest BCUT2D eigenvalue weighted by molar-refractivity contribution is -0.140. The first kappa shape index (κ1) is 22.1. The topological polar surface area (TPSA) is 207 Å². The minimum atomic E-state index is -1.32. The highest BCUT2D eigenvalue weighted by molar-refractivity contribution is 5.96. The van der Waals surface area contributed by atoms with Crippen molar-refractivity contribution in [2.45, 2.75) is 25.4 Å². The summed E-state index contributed by atoms with van der Waals surface area (Å²) in [6, 6.07) is 4.78. The van der Waals surface area contributed by atoms with Crippen molar-refractivity contribution in [3.63, 3.8) is 0 Å². The van der Waals surface area contributed by atoms with Crippen LogP contribution in [0.15, 0.2) is 40.1 Å². The van der Waals surface area contributed by atoms with Gasteiger partial charge in [-0.15, -0.1) is 0 Å². The number of fused-ring (bicyclic) bond motifs is 1. The smallest absolute Gasteiger partial charge is 0.327 e. The number of aromatic amines is 2. The standard InChI is InChI=1S/C19H18N6O7/c26-13(27)6-5-12(18(30)31)23-16(28)9-1-3-10(4-2-9)20-7-11-8-21-15-14(22-11)17(29)25-19(32)24-15/h1-4,8,12,20H,5-7H2,(H,23,28)(H,26,27)(H,30,31)(H2,21,24,25,29,32)/t12-/m1/s1. The number of carbonyl (C=O) groups is 3. The summed E-state index contributed by atoms with van der Waals surface area (Å²) in [6.07, 6.45) is 0.773. The number of hydrogen-bond acceptors (Lipinski definition) is 8. The van der Waals surface area contributed by atoms with Crippen LogP contribution in [0.4, 0.5) is 5.69 Å². The van der Waals surface area contributed by atoms with Crippen LogP contribution < -0.4 is 21.9 Å². The fraction of sp³-hybridized carbons (Fsp3) is 0.211. The summed E-state index contributed by atoms with van der Waals surface area (Å²) in [5, 5.41) is 23.1. The molecule has 32 heavy (non-hydrogen) atoms. The molecular weight excluding hydrogens is 424 g/mol. The Balaban J connectivity index is 1.63. The summed E-state index contributed by atoms with van der Waals surface area (Å²) in [5.74, 6) is -3.13. The summed E-state index contributed by atoms with van der Waals surface area (Å²) < 4.78 is 0. The second kappa shape index (κ2) is 9.51. The van der Waals surface area contributed by atoms with E-state index in [9.17, 15) is 24.0 Å². The molecule has 0 radical (unpaired) electrons. The summed E-state index contributed by atoms with van der Waals surface area (Å²) in [4.78, 5) is 69.8. The Morgan fingerprint density at radius 3 is 2.44 bits per heavy atom. The Morgan fingerprint density at radius 2 is 1.78 bits per heavy atom. The lowest BCUT2D eigenvalue weighted by Crippen LogP contribution is -2.41. The second-order valence-corrected chi connectivity index (χ2v) is 6.69. The van der Waals surface area contributed by atoms with E-state index in [4.69, 9.17) is 10.2 Å². The molecule has 2 heterocycles. The number of carboxylic acid groups (broad SMARTS) is 2. The molecule has 166 valence electrons. The fourth-order valence-corrected chi connectivity index (χ4v) is 2.76. The molecule has 2 aromatic heterocycles. The minimum Gasteiger partial charge on any atom is -0.481 e. The number of carbonyl (C=O) groups excluding carboxylic acids is 1. The maximum absolute atomic E-state index is 12.3. The quantitative estimate of drug-likeness (QED) is 0.254. The number of nitrogens with one attached hydrogen (secondary N) is 4. The van der Waals surface area contributed by atoms with E-state index in [0.29, 0.717) is 11.4 Å². The van der Waals surface area contributed by atoms with E-state index >= 15 is 0 Å². The van der Waals surface area contributed by atoms with Gasteiger partial charge in [0, 0.05) is 17.7 Å². The lowest BCUT2D eigenvalue weighted by atomic mass is 10.1. The molecule has 13 heteroatoms. The predicted octanol–water partition coefficient (Wildman–Crippen LogP) is -0.334. The van der Waals surface area contributed by atoms with E-state index < -0.39 is 35.1 Å². The monoisotopic (exact) mass is 442 g/mol. The van der Waals surface area contributed by atoms with Crippen molar-refractivity contribution in [2.24, 2.45) is 0 Å². The molecule has 1 amide bonds. The van der Waals surface area contributed by atoms with Crippen molar-refractivity contribution in [3.8, 4) is 0 Å². The third-order valence-electron chi connectivity index (χ3n) is 4.37. The third kappa shape index (κ3) is 5.53. The molecule has 3 rings (SSSR count). The van der Waals surface area contributed by atoms with Gasteiger partial charge in [-0.1, -0.05) is 0 Å². The van der Waals surface area contributed by atoms with Gasteiger partial charge in [0.05, 0.1) is 18.4 Å².